The molecule has 130 valence electrons. The number of anilines is 1. The fraction of sp³-hybridized carbons (Fsp3) is 0.316. The smallest absolute Gasteiger partial charge is 0.193 e. The van der Waals surface area contributed by atoms with Crippen molar-refractivity contribution in [3.63, 3.8) is 0 Å². The maximum absolute atomic E-state index is 9.80. The first-order valence-electron chi connectivity index (χ1n) is 7.83. The molecule has 0 aliphatic carbocycles. The van der Waals surface area contributed by atoms with E-state index in [1.54, 1.807) is 0 Å². The van der Waals surface area contributed by atoms with Crippen LogP contribution in [0.5, 0.6) is 5.75 Å². The summed E-state index contributed by atoms with van der Waals surface area (Å²) in [5.41, 5.74) is 10.9. The van der Waals surface area contributed by atoms with E-state index in [9.17, 15) is 5.11 Å². The molecule has 2 rings (SSSR count). The maximum atomic E-state index is 9.80. The van der Waals surface area contributed by atoms with Crippen LogP contribution in [0.4, 0.5) is 5.69 Å². The van der Waals surface area contributed by atoms with E-state index < -0.39 is 0 Å². The number of nitrogens with zero attached hydrogens (tertiary/aromatic N) is 1. The van der Waals surface area contributed by atoms with Crippen LogP contribution >= 0.6 is 24.0 Å². The van der Waals surface area contributed by atoms with E-state index in [0.717, 1.165) is 22.4 Å². The van der Waals surface area contributed by atoms with Crippen LogP contribution in [0.15, 0.2) is 41.4 Å². The van der Waals surface area contributed by atoms with Crippen LogP contribution in [0.1, 0.15) is 42.0 Å². The van der Waals surface area contributed by atoms with Gasteiger partial charge in [0.25, 0.3) is 0 Å². The number of hydrogen-bond donors (Lipinski definition) is 3. The van der Waals surface area contributed by atoms with Crippen LogP contribution in [0.3, 0.4) is 0 Å². The molecule has 4 nitrogen and oxygen atoms in total. The van der Waals surface area contributed by atoms with Crippen molar-refractivity contribution in [3.05, 3.63) is 58.7 Å². The lowest BCUT2D eigenvalue weighted by Gasteiger charge is -2.10. The number of phenols is 1. The predicted octanol–water partition coefficient (Wildman–Crippen LogP) is 4.68. The van der Waals surface area contributed by atoms with E-state index in [1.165, 1.54) is 5.56 Å². The van der Waals surface area contributed by atoms with E-state index in [4.69, 9.17) is 5.73 Å². The number of halogens is 1. The first-order valence-corrected chi connectivity index (χ1v) is 7.83. The van der Waals surface area contributed by atoms with Crippen LogP contribution in [0.25, 0.3) is 0 Å². The molecule has 0 aliphatic rings. The van der Waals surface area contributed by atoms with Gasteiger partial charge in [-0.25, -0.2) is 4.99 Å². The molecule has 2 aromatic carbocycles. The molecular formula is C19H26IN3O. The van der Waals surface area contributed by atoms with E-state index in [1.807, 2.05) is 38.1 Å². The van der Waals surface area contributed by atoms with Gasteiger partial charge in [-0.2, -0.15) is 0 Å². The fourth-order valence-electron chi connectivity index (χ4n) is 2.48. The summed E-state index contributed by atoms with van der Waals surface area (Å²) in [6, 6.07) is 12.0. The average Bonchev–Trinajstić information content (AvgIpc) is 2.50. The molecule has 4 N–H and O–H groups in total. The van der Waals surface area contributed by atoms with Crippen molar-refractivity contribution in [2.24, 2.45) is 10.7 Å². The van der Waals surface area contributed by atoms with Gasteiger partial charge in [0.05, 0.1) is 6.54 Å². The van der Waals surface area contributed by atoms with E-state index in [-0.39, 0.29) is 24.0 Å². The second-order valence-corrected chi connectivity index (χ2v) is 6.18. The van der Waals surface area contributed by atoms with Crippen LogP contribution < -0.4 is 11.1 Å². The number of phenolic OH excluding ortho intramolecular Hbond substituents is 1. The number of aryl methyl sites for hydroxylation is 2. The fourth-order valence-corrected chi connectivity index (χ4v) is 2.48. The molecule has 2 aromatic rings. The Bertz CT molecular complexity index is 703. The summed E-state index contributed by atoms with van der Waals surface area (Å²) in [5, 5.41) is 12.9. The third kappa shape index (κ3) is 5.40. The molecule has 0 atom stereocenters. The maximum Gasteiger partial charge on any atom is 0.193 e. The van der Waals surface area contributed by atoms with Crippen molar-refractivity contribution in [2.45, 2.75) is 40.2 Å². The molecule has 0 amide bonds. The monoisotopic (exact) mass is 439 g/mol. The van der Waals surface area contributed by atoms with Crippen LogP contribution in [-0.2, 0) is 6.54 Å². The minimum atomic E-state index is 0. The molecular weight excluding hydrogens is 413 g/mol. The molecule has 0 radical (unpaired) electrons. The van der Waals surface area contributed by atoms with Gasteiger partial charge < -0.3 is 16.2 Å². The predicted molar refractivity (Wildman–Crippen MR) is 112 cm³/mol. The largest absolute Gasteiger partial charge is 0.507 e. The van der Waals surface area contributed by atoms with E-state index in [0.29, 0.717) is 24.2 Å². The Kier molecular flexibility index (Phi) is 7.54. The minimum absolute atomic E-state index is 0. The third-order valence-electron chi connectivity index (χ3n) is 3.81. The lowest BCUT2D eigenvalue weighted by molar-refractivity contribution is 0.466. The van der Waals surface area contributed by atoms with E-state index in [2.05, 4.69) is 36.3 Å². The number of aliphatic imine (C=N–C) groups is 1. The first-order chi connectivity index (χ1) is 10.9. The molecule has 0 fully saturated rings. The van der Waals surface area contributed by atoms with Gasteiger partial charge in [-0.15, -0.1) is 24.0 Å². The second kappa shape index (κ2) is 8.92. The molecule has 0 heterocycles. The van der Waals surface area contributed by atoms with Gasteiger partial charge in [0, 0.05) is 5.69 Å². The zero-order valence-corrected chi connectivity index (χ0v) is 17.0. The minimum Gasteiger partial charge on any atom is -0.507 e. The van der Waals surface area contributed by atoms with Gasteiger partial charge in [-0.3, -0.25) is 0 Å². The van der Waals surface area contributed by atoms with Crippen LogP contribution in [0.2, 0.25) is 0 Å². The number of guanidine groups is 1. The van der Waals surface area contributed by atoms with Gasteiger partial charge in [-0.1, -0.05) is 38.1 Å². The highest BCUT2D eigenvalue weighted by Crippen LogP contribution is 2.23. The summed E-state index contributed by atoms with van der Waals surface area (Å²) in [6.45, 7) is 8.56. The summed E-state index contributed by atoms with van der Waals surface area (Å²) in [7, 11) is 0. The summed E-state index contributed by atoms with van der Waals surface area (Å²) >= 11 is 0. The molecule has 5 heteroatoms. The highest BCUT2D eigenvalue weighted by atomic mass is 127. The molecule has 0 aliphatic heterocycles. The summed E-state index contributed by atoms with van der Waals surface area (Å²) in [6.07, 6.45) is 0. The Balaban J connectivity index is 0.00000288. The van der Waals surface area contributed by atoms with Gasteiger partial charge in [0.1, 0.15) is 5.75 Å². The molecule has 0 saturated heterocycles. The van der Waals surface area contributed by atoms with Gasteiger partial charge >= 0.3 is 0 Å². The summed E-state index contributed by atoms with van der Waals surface area (Å²) < 4.78 is 0. The Morgan fingerprint density at radius 2 is 1.79 bits per heavy atom. The van der Waals surface area contributed by atoms with Crippen molar-refractivity contribution in [1.82, 2.24) is 0 Å². The van der Waals surface area contributed by atoms with Gasteiger partial charge in [-0.05, 0) is 54.2 Å². The Morgan fingerprint density at radius 3 is 2.38 bits per heavy atom. The van der Waals surface area contributed by atoms with Crippen molar-refractivity contribution in [3.8, 4) is 5.75 Å². The molecule has 0 bridgehead atoms. The third-order valence-corrected chi connectivity index (χ3v) is 3.81. The number of hydrogen-bond acceptors (Lipinski definition) is 2. The topological polar surface area (TPSA) is 70.6 Å². The van der Waals surface area contributed by atoms with Crippen LogP contribution in [-0.4, -0.2) is 11.1 Å². The molecule has 24 heavy (non-hydrogen) atoms. The second-order valence-electron chi connectivity index (χ2n) is 6.18. The quantitative estimate of drug-likeness (QED) is 0.368. The number of nitrogens with one attached hydrogen (secondary N) is 1. The highest BCUT2D eigenvalue weighted by Gasteiger charge is 2.04. The van der Waals surface area contributed by atoms with Gasteiger partial charge in [0.15, 0.2) is 5.96 Å². The summed E-state index contributed by atoms with van der Waals surface area (Å²) in [5.74, 6) is 1.20. The zero-order chi connectivity index (χ0) is 17.0. The lowest BCUT2D eigenvalue weighted by atomic mass is 10.0. The number of nitrogens with two attached hydrogens (primary N) is 1. The Hall–Kier alpha value is -1.76. The summed E-state index contributed by atoms with van der Waals surface area (Å²) in [4.78, 5) is 4.38. The number of benzene rings is 2. The average molecular weight is 439 g/mol. The van der Waals surface area contributed by atoms with Crippen molar-refractivity contribution in [1.29, 1.82) is 0 Å². The standard InChI is InChI=1S/C19H25N3O.HI/c1-12(2)16-6-5-7-17(10-16)22-19(20)21-11-15-8-13(3)18(23)14(4)9-15;/h5-10,12,23H,11H2,1-4H3,(H3,20,21,22);1H. The zero-order valence-electron chi connectivity index (χ0n) is 14.6. The number of aromatic hydroxyl groups is 1. The Labute approximate surface area is 161 Å². The normalized spacial score (nSPS) is 11.3. The van der Waals surface area contributed by atoms with Crippen molar-refractivity contribution < 1.29 is 5.11 Å². The SMILES string of the molecule is Cc1cc(CN=C(N)Nc2cccc(C(C)C)c2)cc(C)c1O.I. The molecule has 0 saturated carbocycles. The molecule has 0 unspecified atom stereocenters. The van der Waals surface area contributed by atoms with Crippen molar-refractivity contribution in [2.75, 3.05) is 5.32 Å². The van der Waals surface area contributed by atoms with E-state index >= 15 is 0 Å². The molecule has 0 aromatic heterocycles. The molecule has 0 spiro atoms. The Morgan fingerprint density at radius 1 is 1.17 bits per heavy atom. The van der Waals surface area contributed by atoms with Crippen molar-refractivity contribution >= 4 is 35.6 Å². The lowest BCUT2D eigenvalue weighted by Crippen LogP contribution is -2.22. The number of rotatable bonds is 4. The highest BCUT2D eigenvalue weighted by molar-refractivity contribution is 14.0. The van der Waals surface area contributed by atoms with Gasteiger partial charge in [0.2, 0.25) is 0 Å². The first kappa shape index (κ1) is 20.3. The van der Waals surface area contributed by atoms with Crippen LogP contribution in [0, 0.1) is 13.8 Å².